The average molecular weight is 993 g/mol. The summed E-state index contributed by atoms with van der Waals surface area (Å²) in [7, 11) is 0. The number of nitrogens with zero attached hydrogens (tertiary/aromatic N) is 2. The zero-order valence-electron chi connectivity index (χ0n) is 43.6. The van der Waals surface area contributed by atoms with Crippen molar-refractivity contribution in [3.63, 3.8) is 0 Å². The fourth-order valence-electron chi connectivity index (χ4n) is 12.0. The van der Waals surface area contributed by atoms with Crippen molar-refractivity contribution in [1.29, 1.82) is 0 Å². The van der Waals surface area contributed by atoms with Crippen molar-refractivity contribution in [1.82, 2.24) is 4.90 Å². The molecule has 0 saturated heterocycles. The summed E-state index contributed by atoms with van der Waals surface area (Å²) in [5.74, 6) is 0.127. The molecule has 6 atom stereocenters. The van der Waals surface area contributed by atoms with E-state index < -0.39 is 23.8 Å². The van der Waals surface area contributed by atoms with Gasteiger partial charge in [-0.15, -0.1) is 6.58 Å². The summed E-state index contributed by atoms with van der Waals surface area (Å²) >= 11 is 0. The van der Waals surface area contributed by atoms with Gasteiger partial charge in [-0.1, -0.05) is 168 Å². The highest BCUT2D eigenvalue weighted by molar-refractivity contribution is 6.03. The molecule has 5 aromatic carbocycles. The number of rotatable bonds is 29. The highest BCUT2D eigenvalue weighted by Crippen LogP contribution is 2.62. The van der Waals surface area contributed by atoms with Crippen LogP contribution in [0.3, 0.4) is 0 Å². The number of ether oxygens (including phenoxy) is 4. The quantitative estimate of drug-likeness (QED) is 0.0276. The number of benzene rings is 5. The number of carbonyl (C=O) groups is 1. The molecular formula is C63H80N2O8. The number of fused-ring (bicyclic) bond motifs is 4. The number of unbranched alkanes of at least 4 members (excludes halogenated alkanes) is 11. The zero-order chi connectivity index (χ0) is 50.8. The first-order chi connectivity index (χ1) is 35.9. The third-order valence-corrected chi connectivity index (χ3v) is 15.5. The van der Waals surface area contributed by atoms with Crippen molar-refractivity contribution in [2.45, 2.75) is 147 Å². The van der Waals surface area contributed by atoms with Gasteiger partial charge in [0.25, 0.3) is 0 Å². The van der Waals surface area contributed by atoms with Crippen LogP contribution in [0.1, 0.15) is 140 Å². The molecule has 2 aliphatic carbocycles. The van der Waals surface area contributed by atoms with Gasteiger partial charge in [0, 0.05) is 31.1 Å². The Hall–Kier alpha value is -5.68. The number of amides is 1. The molecule has 1 amide bonds. The van der Waals surface area contributed by atoms with Gasteiger partial charge in [0.2, 0.25) is 5.79 Å². The lowest BCUT2D eigenvalue weighted by Gasteiger charge is -2.59. The van der Waals surface area contributed by atoms with Gasteiger partial charge in [-0.05, 0) is 114 Å². The summed E-state index contributed by atoms with van der Waals surface area (Å²) in [5, 5.41) is 29.5. The van der Waals surface area contributed by atoms with E-state index in [4.69, 9.17) is 28.9 Å². The molecule has 73 heavy (non-hydrogen) atoms. The van der Waals surface area contributed by atoms with Crippen LogP contribution in [0.5, 0.6) is 17.2 Å². The van der Waals surface area contributed by atoms with Gasteiger partial charge in [0.1, 0.15) is 29.9 Å². The van der Waals surface area contributed by atoms with Gasteiger partial charge < -0.3 is 34.0 Å². The Morgan fingerprint density at radius 1 is 0.767 bits per heavy atom. The van der Waals surface area contributed by atoms with Crippen molar-refractivity contribution in [2.24, 2.45) is 22.9 Å². The van der Waals surface area contributed by atoms with E-state index in [0.29, 0.717) is 37.6 Å². The van der Waals surface area contributed by atoms with Crippen LogP contribution >= 0.6 is 0 Å². The van der Waals surface area contributed by atoms with Gasteiger partial charge in [0.15, 0.2) is 0 Å². The highest BCUT2D eigenvalue weighted by Gasteiger charge is 2.65. The number of hydrogen-bond acceptors (Lipinski definition) is 9. The Morgan fingerprint density at radius 3 is 2.21 bits per heavy atom. The van der Waals surface area contributed by atoms with Crippen molar-refractivity contribution in [3.8, 4) is 17.2 Å². The Kier molecular flexibility index (Phi) is 19.8. The molecule has 0 unspecified atom stereocenters. The zero-order valence-corrected chi connectivity index (χ0v) is 43.6. The van der Waals surface area contributed by atoms with Crippen molar-refractivity contribution in [2.75, 3.05) is 33.0 Å². The molecule has 5 aromatic rings. The van der Waals surface area contributed by atoms with Crippen molar-refractivity contribution >= 4 is 33.3 Å². The second kappa shape index (κ2) is 27.0. The summed E-state index contributed by atoms with van der Waals surface area (Å²) in [6, 6.07) is 34.3. The first-order valence-corrected chi connectivity index (χ1v) is 27.7. The van der Waals surface area contributed by atoms with E-state index in [1.54, 1.807) is 6.08 Å². The van der Waals surface area contributed by atoms with E-state index in [0.717, 1.165) is 94.7 Å². The standard InChI is InChI=1S/C63H80N2O8/c1-4-7-8-9-10-11-12-13-14-23-40-69-62(68)65(45-50-30-24-29-47-26-17-18-31-53(47)50)59-44-57(64-71-6-3)55-42-49(28-19-21-37-66)54(32-20-22-38-67)60-56-43-52(72-51-34-33-46-25-15-16-27-48(46)41-51)35-36-58(56)73-63(59,61(55)60)70-39-5-2/h5,15-18,24-27,29-31,33-36,41-43,49,54,59-61,66-67H,2,4,6-14,19-23,28,32,37-40,44-45H2,1,3H3/t49-,54+,59-,60+,61+,63+/m0/s1. The van der Waals surface area contributed by atoms with Crippen LogP contribution in [-0.2, 0) is 20.9 Å². The molecule has 3 aliphatic rings. The minimum absolute atomic E-state index is 0.0613. The number of oxime groups is 1. The maximum Gasteiger partial charge on any atom is 0.410 e. The predicted molar refractivity (Wildman–Crippen MR) is 293 cm³/mol. The molecule has 1 saturated carbocycles. The summed E-state index contributed by atoms with van der Waals surface area (Å²) in [6.45, 7) is 9.61. The smallest absolute Gasteiger partial charge is 0.410 e. The summed E-state index contributed by atoms with van der Waals surface area (Å²) in [4.78, 5) is 23.2. The van der Waals surface area contributed by atoms with E-state index in [-0.39, 0.29) is 50.5 Å². The molecule has 1 aliphatic heterocycles. The van der Waals surface area contributed by atoms with Gasteiger partial charge in [-0.3, -0.25) is 4.90 Å². The minimum atomic E-state index is -1.43. The van der Waals surface area contributed by atoms with Crippen LogP contribution < -0.4 is 9.47 Å². The van der Waals surface area contributed by atoms with E-state index in [2.05, 4.69) is 80.2 Å². The first kappa shape index (κ1) is 53.6. The van der Waals surface area contributed by atoms with Crippen LogP contribution in [0, 0.1) is 17.8 Å². The van der Waals surface area contributed by atoms with E-state index in [1.165, 1.54) is 44.9 Å². The molecule has 10 nitrogen and oxygen atoms in total. The van der Waals surface area contributed by atoms with Crippen molar-refractivity contribution < 1.29 is 38.8 Å². The van der Waals surface area contributed by atoms with Gasteiger partial charge in [-0.2, -0.15) is 0 Å². The number of carbonyl (C=O) groups excluding carboxylic acids is 1. The number of allylic oxidation sites excluding steroid dienone is 1. The van der Waals surface area contributed by atoms with E-state index in [9.17, 15) is 10.2 Å². The van der Waals surface area contributed by atoms with Crippen LogP contribution in [0.15, 0.2) is 133 Å². The lowest BCUT2D eigenvalue weighted by Crippen LogP contribution is -2.70. The fraction of sp³-hybridized carbons (Fsp3) is 0.492. The molecule has 1 heterocycles. The van der Waals surface area contributed by atoms with Gasteiger partial charge in [0.05, 0.1) is 31.4 Å². The average Bonchev–Trinajstić information content (AvgIpc) is 3.41. The molecule has 10 heteroatoms. The highest BCUT2D eigenvalue weighted by atomic mass is 16.7. The fourth-order valence-corrected chi connectivity index (χ4v) is 12.0. The van der Waals surface area contributed by atoms with Gasteiger partial charge in [-0.25, -0.2) is 4.79 Å². The molecule has 0 radical (unpaired) electrons. The number of aliphatic hydroxyl groups excluding tert-OH is 2. The first-order valence-electron chi connectivity index (χ1n) is 27.7. The molecule has 390 valence electrons. The second-order valence-electron chi connectivity index (χ2n) is 20.4. The molecule has 0 bridgehead atoms. The number of hydrogen-bond donors (Lipinski definition) is 2. The minimum Gasteiger partial charge on any atom is -0.459 e. The Labute approximate surface area is 434 Å². The molecule has 8 rings (SSSR count). The summed E-state index contributed by atoms with van der Waals surface area (Å²) in [5.41, 5.74) is 3.71. The Bertz CT molecular complexity index is 2620. The van der Waals surface area contributed by atoms with Crippen LogP contribution in [-0.4, -0.2) is 71.8 Å². The largest absolute Gasteiger partial charge is 0.459 e. The van der Waals surface area contributed by atoms with Crippen LogP contribution in [0.2, 0.25) is 0 Å². The monoisotopic (exact) mass is 993 g/mol. The van der Waals surface area contributed by atoms with E-state index in [1.807, 2.05) is 54.3 Å². The summed E-state index contributed by atoms with van der Waals surface area (Å²) < 4.78 is 28.0. The third kappa shape index (κ3) is 13.0. The third-order valence-electron chi connectivity index (χ3n) is 15.5. The van der Waals surface area contributed by atoms with Crippen molar-refractivity contribution in [3.05, 3.63) is 139 Å². The maximum atomic E-state index is 15.3. The summed E-state index contributed by atoms with van der Waals surface area (Å²) in [6.07, 6.45) is 20.5. The molecule has 1 fully saturated rings. The topological polar surface area (TPSA) is 119 Å². The lowest BCUT2D eigenvalue weighted by atomic mass is 9.55. The Balaban J connectivity index is 1.23. The lowest BCUT2D eigenvalue weighted by molar-refractivity contribution is -0.256. The molecular weight excluding hydrogens is 913 g/mol. The van der Waals surface area contributed by atoms with Crippen LogP contribution in [0.25, 0.3) is 21.5 Å². The van der Waals surface area contributed by atoms with E-state index >= 15 is 4.79 Å². The Morgan fingerprint density at radius 2 is 1.45 bits per heavy atom. The molecule has 0 aromatic heterocycles. The van der Waals surface area contributed by atoms with Crippen LogP contribution in [0.4, 0.5) is 4.79 Å². The second-order valence-corrected chi connectivity index (χ2v) is 20.4. The maximum absolute atomic E-state index is 15.3. The molecule has 0 spiro atoms. The molecule has 2 N–H and O–H groups in total. The SMILES string of the molecule is C=CCO[C@@]12Oc3ccc(Oc4ccc5ccccc5c4)cc3[C@H]3[C@H](CCCCO)[C@@H](CCCCO)C=C(C(=NOCC)C[C@@H]1N(Cc1cccc4ccccc14)C(=O)OCCCCCCCCCCCC)[C@H]32. The predicted octanol–water partition coefficient (Wildman–Crippen LogP) is 15.0. The van der Waals surface area contributed by atoms with Gasteiger partial charge >= 0.3 is 6.09 Å². The normalized spacial score (nSPS) is 21.5. The number of aliphatic hydroxyl groups is 2.